The van der Waals surface area contributed by atoms with Crippen LogP contribution in [0.25, 0.3) is 0 Å². The van der Waals surface area contributed by atoms with Crippen molar-refractivity contribution in [2.45, 2.75) is 19.3 Å². The molecule has 3 heteroatoms. The van der Waals surface area contributed by atoms with Gasteiger partial charge in [-0.3, -0.25) is 0 Å². The highest BCUT2D eigenvalue weighted by Crippen LogP contribution is 2.38. The Labute approximate surface area is 62.4 Å². The molecule has 4 N–H and O–H groups in total. The van der Waals surface area contributed by atoms with E-state index >= 15 is 0 Å². The average Bonchev–Trinajstić information content (AvgIpc) is 1.67. The van der Waals surface area contributed by atoms with E-state index in [0.29, 0.717) is 5.41 Å². The second-order valence-electron chi connectivity index (χ2n) is 2.76. The Morgan fingerprint density at radius 1 is 1.11 bits per heavy atom. The summed E-state index contributed by atoms with van der Waals surface area (Å²) in [4.78, 5) is 0. The Morgan fingerprint density at radius 3 is 1.56 bits per heavy atom. The van der Waals surface area contributed by atoms with E-state index in [9.17, 15) is 0 Å². The van der Waals surface area contributed by atoms with E-state index in [-0.39, 0.29) is 12.4 Å². The second-order valence-corrected chi connectivity index (χ2v) is 2.76. The van der Waals surface area contributed by atoms with Gasteiger partial charge in [0.05, 0.1) is 0 Å². The fraction of sp³-hybridized carbons (Fsp3) is 1.00. The van der Waals surface area contributed by atoms with Gasteiger partial charge in [0.1, 0.15) is 0 Å². The molecule has 0 spiro atoms. The lowest BCUT2D eigenvalue weighted by Crippen LogP contribution is -2.43. The maximum atomic E-state index is 5.50. The zero-order chi connectivity index (χ0) is 6.04. The van der Waals surface area contributed by atoms with Gasteiger partial charge in [-0.05, 0) is 31.3 Å². The van der Waals surface area contributed by atoms with Crippen LogP contribution in [0.2, 0.25) is 0 Å². The van der Waals surface area contributed by atoms with E-state index in [2.05, 4.69) is 0 Å². The first-order chi connectivity index (χ1) is 3.83. The van der Waals surface area contributed by atoms with Crippen molar-refractivity contribution in [3.8, 4) is 0 Å². The van der Waals surface area contributed by atoms with Crippen LogP contribution >= 0.6 is 12.4 Å². The standard InChI is InChI=1S/C6H14N2.ClH/c7-4-6(5-8)2-1-3-6;/h1-5,7-8H2;1H. The lowest BCUT2D eigenvalue weighted by molar-refractivity contribution is 0.156. The van der Waals surface area contributed by atoms with E-state index in [4.69, 9.17) is 11.5 Å². The molecule has 1 fully saturated rings. The Hall–Kier alpha value is 0.210. The number of hydrogen-bond donors (Lipinski definition) is 2. The van der Waals surface area contributed by atoms with Crippen LogP contribution in [0.15, 0.2) is 0 Å². The first kappa shape index (κ1) is 9.21. The van der Waals surface area contributed by atoms with Crippen LogP contribution < -0.4 is 11.5 Å². The van der Waals surface area contributed by atoms with Gasteiger partial charge in [-0.1, -0.05) is 6.42 Å². The van der Waals surface area contributed by atoms with Crippen molar-refractivity contribution in [1.82, 2.24) is 0 Å². The average molecular weight is 151 g/mol. The summed E-state index contributed by atoms with van der Waals surface area (Å²) in [6, 6.07) is 0. The van der Waals surface area contributed by atoms with Gasteiger partial charge in [-0.2, -0.15) is 0 Å². The molecule has 1 aliphatic carbocycles. The van der Waals surface area contributed by atoms with Gasteiger partial charge in [0.2, 0.25) is 0 Å². The smallest absolute Gasteiger partial charge is 0.000844 e. The lowest BCUT2D eigenvalue weighted by atomic mass is 9.69. The molecule has 1 aliphatic rings. The van der Waals surface area contributed by atoms with Crippen LogP contribution in [0.1, 0.15) is 19.3 Å². The van der Waals surface area contributed by atoms with Crippen LogP contribution in [0.4, 0.5) is 0 Å². The van der Waals surface area contributed by atoms with Gasteiger partial charge in [0.15, 0.2) is 0 Å². The highest BCUT2D eigenvalue weighted by atomic mass is 35.5. The minimum atomic E-state index is 0. The van der Waals surface area contributed by atoms with Gasteiger partial charge >= 0.3 is 0 Å². The molecular weight excluding hydrogens is 136 g/mol. The first-order valence-electron chi connectivity index (χ1n) is 3.23. The predicted octanol–water partition coefficient (Wildman–Crippen LogP) is 0.496. The van der Waals surface area contributed by atoms with E-state index in [0.717, 1.165) is 13.1 Å². The normalized spacial score (nSPS) is 22.0. The number of halogens is 1. The van der Waals surface area contributed by atoms with E-state index in [1.54, 1.807) is 0 Å². The largest absolute Gasteiger partial charge is 0.330 e. The van der Waals surface area contributed by atoms with Crippen molar-refractivity contribution in [2.24, 2.45) is 16.9 Å². The van der Waals surface area contributed by atoms with Crippen LogP contribution in [0.5, 0.6) is 0 Å². The Bertz CT molecular complexity index is 67.6. The van der Waals surface area contributed by atoms with Gasteiger partial charge < -0.3 is 11.5 Å². The molecule has 0 unspecified atom stereocenters. The van der Waals surface area contributed by atoms with E-state index < -0.39 is 0 Å². The maximum Gasteiger partial charge on any atom is -0.000844 e. The molecule has 0 heterocycles. The fourth-order valence-corrected chi connectivity index (χ4v) is 1.17. The van der Waals surface area contributed by atoms with Crippen molar-refractivity contribution < 1.29 is 0 Å². The summed E-state index contributed by atoms with van der Waals surface area (Å²) in [6.07, 6.45) is 3.83. The summed E-state index contributed by atoms with van der Waals surface area (Å²) in [5.41, 5.74) is 11.4. The molecule has 0 atom stereocenters. The molecule has 0 aliphatic heterocycles. The van der Waals surface area contributed by atoms with Crippen LogP contribution in [-0.2, 0) is 0 Å². The van der Waals surface area contributed by atoms with Gasteiger partial charge in [-0.25, -0.2) is 0 Å². The van der Waals surface area contributed by atoms with Crippen molar-refractivity contribution in [1.29, 1.82) is 0 Å². The fourth-order valence-electron chi connectivity index (χ4n) is 1.17. The van der Waals surface area contributed by atoms with Crippen molar-refractivity contribution in [3.63, 3.8) is 0 Å². The summed E-state index contributed by atoms with van der Waals surface area (Å²) in [5, 5.41) is 0. The molecule has 0 aromatic rings. The summed E-state index contributed by atoms with van der Waals surface area (Å²) in [5.74, 6) is 0. The van der Waals surface area contributed by atoms with Gasteiger partial charge in [0, 0.05) is 0 Å². The molecule has 56 valence electrons. The van der Waals surface area contributed by atoms with Crippen molar-refractivity contribution in [3.05, 3.63) is 0 Å². The Morgan fingerprint density at radius 2 is 1.56 bits per heavy atom. The first-order valence-corrected chi connectivity index (χ1v) is 3.23. The Kier molecular flexibility index (Phi) is 3.48. The van der Waals surface area contributed by atoms with E-state index in [1.807, 2.05) is 0 Å². The third-order valence-electron chi connectivity index (χ3n) is 2.28. The molecule has 0 radical (unpaired) electrons. The lowest BCUT2D eigenvalue weighted by Gasteiger charge is -2.39. The second kappa shape index (κ2) is 3.40. The SMILES string of the molecule is Cl.NCC1(CN)CCC1. The predicted molar refractivity (Wildman–Crippen MR) is 41.6 cm³/mol. The highest BCUT2D eigenvalue weighted by molar-refractivity contribution is 5.85. The highest BCUT2D eigenvalue weighted by Gasteiger charge is 2.33. The molecule has 1 rings (SSSR count). The van der Waals surface area contributed by atoms with Crippen molar-refractivity contribution >= 4 is 12.4 Å². The van der Waals surface area contributed by atoms with Crippen LogP contribution in [-0.4, -0.2) is 13.1 Å². The molecule has 0 amide bonds. The number of hydrogen-bond acceptors (Lipinski definition) is 2. The summed E-state index contributed by atoms with van der Waals surface area (Å²) in [7, 11) is 0. The van der Waals surface area contributed by atoms with Gasteiger partial charge in [-0.15, -0.1) is 12.4 Å². The minimum absolute atomic E-state index is 0. The summed E-state index contributed by atoms with van der Waals surface area (Å²) >= 11 is 0. The zero-order valence-corrected chi connectivity index (χ0v) is 6.41. The third kappa shape index (κ3) is 1.57. The van der Waals surface area contributed by atoms with E-state index in [1.165, 1.54) is 19.3 Å². The zero-order valence-electron chi connectivity index (χ0n) is 5.60. The maximum absolute atomic E-state index is 5.50. The topological polar surface area (TPSA) is 52.0 Å². The van der Waals surface area contributed by atoms with Crippen molar-refractivity contribution in [2.75, 3.05) is 13.1 Å². The van der Waals surface area contributed by atoms with Crippen LogP contribution in [0, 0.1) is 5.41 Å². The number of nitrogens with two attached hydrogens (primary N) is 2. The van der Waals surface area contributed by atoms with Gasteiger partial charge in [0.25, 0.3) is 0 Å². The molecule has 2 nitrogen and oxygen atoms in total. The van der Waals surface area contributed by atoms with Crippen LogP contribution in [0.3, 0.4) is 0 Å². The molecule has 0 bridgehead atoms. The molecule has 0 aromatic heterocycles. The molecule has 9 heavy (non-hydrogen) atoms. The summed E-state index contributed by atoms with van der Waals surface area (Å²) < 4.78 is 0. The molecular formula is C6H15ClN2. The molecule has 1 saturated carbocycles. The quantitative estimate of drug-likeness (QED) is 0.602. The third-order valence-corrected chi connectivity index (χ3v) is 2.28. The molecule has 0 aromatic carbocycles. The number of rotatable bonds is 2. The summed E-state index contributed by atoms with van der Waals surface area (Å²) in [6.45, 7) is 1.56. The Balaban J connectivity index is 0.000000640. The monoisotopic (exact) mass is 150 g/mol. The minimum Gasteiger partial charge on any atom is -0.330 e. The molecule has 0 saturated heterocycles.